The lowest BCUT2D eigenvalue weighted by atomic mass is 10.1. The number of ether oxygens (including phenoxy) is 2. The van der Waals surface area contributed by atoms with Crippen molar-refractivity contribution in [1.82, 2.24) is 0 Å². The molecule has 0 saturated carbocycles. The highest BCUT2D eigenvalue weighted by Gasteiger charge is 2.18. The van der Waals surface area contributed by atoms with E-state index in [9.17, 15) is 9.59 Å². The van der Waals surface area contributed by atoms with E-state index in [2.05, 4.69) is 10.6 Å². The van der Waals surface area contributed by atoms with Crippen LogP contribution < -0.4 is 20.1 Å². The predicted molar refractivity (Wildman–Crippen MR) is 129 cm³/mol. The van der Waals surface area contributed by atoms with Gasteiger partial charge in [0.25, 0.3) is 5.91 Å². The fourth-order valence-electron chi connectivity index (χ4n) is 3.14. The van der Waals surface area contributed by atoms with E-state index in [0.29, 0.717) is 22.7 Å². The monoisotopic (exact) mass is 450 g/mol. The number of benzene rings is 3. The first-order chi connectivity index (χ1) is 15.4. The number of rotatable bonds is 8. The van der Waals surface area contributed by atoms with E-state index in [4.69, 9.17) is 9.47 Å². The second-order valence-corrected chi connectivity index (χ2v) is 8.22. The summed E-state index contributed by atoms with van der Waals surface area (Å²) in [6.07, 6.45) is 0. The van der Waals surface area contributed by atoms with Gasteiger partial charge in [-0.3, -0.25) is 9.59 Å². The molecule has 0 fully saturated rings. The maximum atomic E-state index is 12.9. The topological polar surface area (TPSA) is 76.7 Å². The molecule has 0 aliphatic rings. The fraction of sp³-hybridized carbons (Fsp3) is 0.200. The van der Waals surface area contributed by atoms with Crippen LogP contribution >= 0.6 is 11.8 Å². The Labute approximate surface area is 192 Å². The molecule has 2 amide bonds. The predicted octanol–water partition coefficient (Wildman–Crippen LogP) is 5.30. The number of carbonyl (C=O) groups is 2. The van der Waals surface area contributed by atoms with Crippen molar-refractivity contribution >= 4 is 35.0 Å². The van der Waals surface area contributed by atoms with Gasteiger partial charge in [0.2, 0.25) is 5.91 Å². The molecule has 0 saturated heterocycles. The lowest BCUT2D eigenvalue weighted by Gasteiger charge is -2.13. The summed E-state index contributed by atoms with van der Waals surface area (Å²) in [6.45, 7) is 3.95. The number of carbonyl (C=O) groups excluding carboxylic acids is 2. The van der Waals surface area contributed by atoms with Gasteiger partial charge in [-0.1, -0.05) is 24.3 Å². The molecule has 32 heavy (non-hydrogen) atoms. The number of aryl methyl sites for hydroxylation is 2. The molecule has 0 heterocycles. The largest absolute Gasteiger partial charge is 0.496 e. The Hall–Kier alpha value is -3.45. The number of thioether (sulfide) groups is 1. The molecular weight excluding hydrogens is 424 g/mol. The molecule has 3 rings (SSSR count). The Bertz CT molecular complexity index is 1110. The van der Waals surface area contributed by atoms with Crippen molar-refractivity contribution in [3.8, 4) is 11.5 Å². The zero-order valence-corrected chi connectivity index (χ0v) is 19.3. The molecule has 3 aromatic rings. The van der Waals surface area contributed by atoms with Crippen molar-refractivity contribution < 1.29 is 19.1 Å². The molecule has 0 aromatic heterocycles. The van der Waals surface area contributed by atoms with Crippen molar-refractivity contribution in [2.24, 2.45) is 0 Å². The van der Waals surface area contributed by atoms with E-state index in [1.807, 2.05) is 50.2 Å². The van der Waals surface area contributed by atoms with Gasteiger partial charge in [0, 0.05) is 16.3 Å². The van der Waals surface area contributed by atoms with E-state index < -0.39 is 0 Å². The van der Waals surface area contributed by atoms with Gasteiger partial charge in [0.15, 0.2) is 0 Å². The summed E-state index contributed by atoms with van der Waals surface area (Å²) in [4.78, 5) is 26.1. The average molecular weight is 451 g/mol. The normalized spacial score (nSPS) is 10.4. The number of hydrogen-bond acceptors (Lipinski definition) is 5. The maximum absolute atomic E-state index is 12.9. The van der Waals surface area contributed by atoms with Crippen LogP contribution in [-0.2, 0) is 4.79 Å². The summed E-state index contributed by atoms with van der Waals surface area (Å²) in [5.74, 6) is 0.683. The third-order valence-electron chi connectivity index (χ3n) is 4.78. The standard InChI is InChI=1S/C25H26N2O4S/c1-16-11-12-17(2)20(13-16)27-23(28)15-32-19-8-5-7-18(14-19)26-25(29)24-21(30-3)9-6-10-22(24)31-4/h5-14H,15H2,1-4H3,(H,26,29)(H,27,28). The molecule has 7 heteroatoms. The number of amides is 2. The first kappa shape index (κ1) is 23.2. The Balaban J connectivity index is 1.65. The highest BCUT2D eigenvalue weighted by Crippen LogP contribution is 2.30. The minimum atomic E-state index is -0.339. The number of anilines is 2. The van der Waals surface area contributed by atoms with Crippen LogP contribution in [0.4, 0.5) is 11.4 Å². The van der Waals surface area contributed by atoms with E-state index in [1.54, 1.807) is 24.3 Å². The van der Waals surface area contributed by atoms with Crippen molar-refractivity contribution in [2.75, 3.05) is 30.6 Å². The molecule has 0 aliphatic heterocycles. The molecule has 6 nitrogen and oxygen atoms in total. The lowest BCUT2D eigenvalue weighted by molar-refractivity contribution is -0.113. The minimum absolute atomic E-state index is 0.0862. The molecule has 0 atom stereocenters. The van der Waals surface area contributed by atoms with Crippen LogP contribution in [0.3, 0.4) is 0 Å². The van der Waals surface area contributed by atoms with Gasteiger partial charge in [-0.25, -0.2) is 0 Å². The quantitative estimate of drug-likeness (QED) is 0.455. The second kappa shape index (κ2) is 10.7. The smallest absolute Gasteiger partial charge is 0.263 e. The SMILES string of the molecule is COc1cccc(OC)c1C(=O)Nc1cccc(SCC(=O)Nc2cc(C)ccc2C)c1. The van der Waals surface area contributed by atoms with Crippen LogP contribution in [0.25, 0.3) is 0 Å². The van der Waals surface area contributed by atoms with Crippen LogP contribution in [0.1, 0.15) is 21.5 Å². The third kappa shape index (κ3) is 5.82. The van der Waals surface area contributed by atoms with E-state index in [1.165, 1.54) is 26.0 Å². The van der Waals surface area contributed by atoms with Crippen molar-refractivity contribution in [3.63, 3.8) is 0 Å². The Morgan fingerprint density at radius 3 is 2.25 bits per heavy atom. The van der Waals surface area contributed by atoms with Gasteiger partial charge >= 0.3 is 0 Å². The van der Waals surface area contributed by atoms with Gasteiger partial charge in [-0.05, 0) is 61.4 Å². The third-order valence-corrected chi connectivity index (χ3v) is 5.78. The van der Waals surface area contributed by atoms with E-state index in [-0.39, 0.29) is 17.6 Å². The molecule has 0 radical (unpaired) electrons. The molecule has 0 unspecified atom stereocenters. The van der Waals surface area contributed by atoms with Gasteiger partial charge in [-0.15, -0.1) is 11.8 Å². The number of methoxy groups -OCH3 is 2. The van der Waals surface area contributed by atoms with Crippen molar-refractivity contribution in [1.29, 1.82) is 0 Å². The van der Waals surface area contributed by atoms with Crippen LogP contribution in [-0.4, -0.2) is 31.8 Å². The molecular formula is C25H26N2O4S. The molecule has 0 bridgehead atoms. The summed E-state index contributed by atoms with van der Waals surface area (Å²) < 4.78 is 10.6. The van der Waals surface area contributed by atoms with Gasteiger partial charge < -0.3 is 20.1 Å². The number of nitrogens with one attached hydrogen (secondary N) is 2. The first-order valence-electron chi connectivity index (χ1n) is 10.0. The van der Waals surface area contributed by atoms with Crippen LogP contribution in [0, 0.1) is 13.8 Å². The van der Waals surface area contributed by atoms with Crippen molar-refractivity contribution in [3.05, 3.63) is 77.4 Å². The Morgan fingerprint density at radius 2 is 1.56 bits per heavy atom. The summed E-state index contributed by atoms with van der Waals surface area (Å²) in [5, 5.41) is 5.83. The summed E-state index contributed by atoms with van der Waals surface area (Å²) in [5.41, 5.74) is 3.87. The van der Waals surface area contributed by atoms with Crippen molar-refractivity contribution in [2.45, 2.75) is 18.7 Å². The molecule has 0 spiro atoms. The lowest BCUT2D eigenvalue weighted by Crippen LogP contribution is -2.15. The minimum Gasteiger partial charge on any atom is -0.496 e. The molecule has 3 aromatic carbocycles. The first-order valence-corrected chi connectivity index (χ1v) is 11.0. The van der Waals surface area contributed by atoms with E-state index in [0.717, 1.165) is 21.7 Å². The average Bonchev–Trinajstić information content (AvgIpc) is 2.79. The molecule has 2 N–H and O–H groups in total. The fourth-order valence-corrected chi connectivity index (χ4v) is 3.89. The Kier molecular flexibility index (Phi) is 7.78. The number of hydrogen-bond donors (Lipinski definition) is 2. The van der Waals surface area contributed by atoms with E-state index >= 15 is 0 Å². The molecule has 166 valence electrons. The zero-order valence-electron chi connectivity index (χ0n) is 18.5. The maximum Gasteiger partial charge on any atom is 0.263 e. The highest BCUT2D eigenvalue weighted by molar-refractivity contribution is 8.00. The van der Waals surface area contributed by atoms with Crippen LogP contribution in [0.5, 0.6) is 11.5 Å². The van der Waals surface area contributed by atoms with Crippen LogP contribution in [0.15, 0.2) is 65.6 Å². The summed E-state index contributed by atoms with van der Waals surface area (Å²) in [7, 11) is 3.01. The van der Waals surface area contributed by atoms with Crippen LogP contribution in [0.2, 0.25) is 0 Å². The second-order valence-electron chi connectivity index (χ2n) is 7.17. The van der Waals surface area contributed by atoms with Gasteiger partial charge in [-0.2, -0.15) is 0 Å². The Morgan fingerprint density at radius 1 is 0.875 bits per heavy atom. The highest BCUT2D eigenvalue weighted by atomic mass is 32.2. The molecule has 0 aliphatic carbocycles. The summed E-state index contributed by atoms with van der Waals surface area (Å²) in [6, 6.07) is 18.5. The summed E-state index contributed by atoms with van der Waals surface area (Å²) >= 11 is 1.40. The van der Waals surface area contributed by atoms with Gasteiger partial charge in [0.1, 0.15) is 17.1 Å². The van der Waals surface area contributed by atoms with Gasteiger partial charge in [0.05, 0.1) is 20.0 Å². The zero-order chi connectivity index (χ0) is 23.1.